The highest BCUT2D eigenvalue weighted by Gasteiger charge is 2.38. The predicted molar refractivity (Wildman–Crippen MR) is 97.5 cm³/mol. The summed E-state index contributed by atoms with van der Waals surface area (Å²) in [7, 11) is 1.78. The molecule has 3 rings (SSSR count). The summed E-state index contributed by atoms with van der Waals surface area (Å²) in [4.78, 5) is 25.0. The largest absolute Gasteiger partial charge is 0.429 e. The summed E-state index contributed by atoms with van der Waals surface area (Å²) >= 11 is 0. The third kappa shape index (κ3) is 3.15. The lowest BCUT2D eigenvalue weighted by molar-refractivity contribution is -0.227. The zero-order valence-electron chi connectivity index (χ0n) is 15.4. The van der Waals surface area contributed by atoms with Crippen LogP contribution in [0.1, 0.15) is 26.5 Å². The number of cyclic esters (lactones) is 1. The molecular formula is C18H22N4O4. The van der Waals surface area contributed by atoms with Crippen LogP contribution in [0.25, 0.3) is 5.69 Å². The number of nitrogens with one attached hydrogen (secondary N) is 1. The molecule has 0 bridgehead atoms. The molecule has 2 heterocycles. The Balaban J connectivity index is 1.95. The van der Waals surface area contributed by atoms with Crippen molar-refractivity contribution >= 4 is 17.4 Å². The van der Waals surface area contributed by atoms with Crippen molar-refractivity contribution in [2.24, 2.45) is 12.1 Å². The number of carbonyl (C=O) groups is 1. The van der Waals surface area contributed by atoms with Crippen LogP contribution in [-0.2, 0) is 21.3 Å². The Morgan fingerprint density at radius 2 is 1.85 bits per heavy atom. The number of aromatic nitrogens is 2. The van der Waals surface area contributed by atoms with E-state index < -0.39 is 17.9 Å². The maximum atomic E-state index is 12.8. The summed E-state index contributed by atoms with van der Waals surface area (Å²) in [5, 5.41) is 4.09. The zero-order chi connectivity index (χ0) is 19.1. The minimum absolute atomic E-state index is 0.0817. The van der Waals surface area contributed by atoms with E-state index in [1.54, 1.807) is 39.4 Å². The average molecular weight is 358 g/mol. The first kappa shape index (κ1) is 17.9. The molecule has 8 nitrogen and oxygen atoms in total. The Morgan fingerprint density at radius 3 is 2.46 bits per heavy atom. The molecule has 1 saturated heterocycles. The molecule has 8 heteroatoms. The van der Waals surface area contributed by atoms with Crippen LogP contribution >= 0.6 is 0 Å². The van der Waals surface area contributed by atoms with Crippen LogP contribution in [0.5, 0.6) is 0 Å². The van der Waals surface area contributed by atoms with Gasteiger partial charge in [-0.25, -0.2) is 9.48 Å². The molecule has 1 aromatic heterocycles. The van der Waals surface area contributed by atoms with E-state index in [4.69, 9.17) is 9.47 Å². The summed E-state index contributed by atoms with van der Waals surface area (Å²) in [6, 6.07) is 9.28. The topological polar surface area (TPSA) is 86.9 Å². The number of carbonyl (C=O) groups excluding carboxylic acids is 1. The van der Waals surface area contributed by atoms with Crippen molar-refractivity contribution in [3.8, 4) is 5.69 Å². The molecule has 1 aliphatic heterocycles. The number of hydrogen-bond donors (Lipinski definition) is 1. The Bertz CT molecular complexity index is 925. The van der Waals surface area contributed by atoms with Gasteiger partial charge in [-0.3, -0.25) is 14.9 Å². The third-order valence-corrected chi connectivity index (χ3v) is 4.24. The van der Waals surface area contributed by atoms with Gasteiger partial charge in [-0.15, -0.1) is 0 Å². The van der Waals surface area contributed by atoms with Crippen LogP contribution < -0.4 is 11.0 Å². The van der Waals surface area contributed by atoms with Crippen LogP contribution in [-0.4, -0.2) is 32.9 Å². The van der Waals surface area contributed by atoms with Gasteiger partial charge in [0.1, 0.15) is 11.8 Å². The smallest absolute Gasteiger partial charge is 0.359 e. The molecule has 1 atom stereocenters. The molecule has 0 amide bonds. The normalized spacial score (nSPS) is 20.9. The molecule has 1 unspecified atom stereocenters. The first-order valence-electron chi connectivity index (χ1n) is 8.30. The van der Waals surface area contributed by atoms with Crippen LogP contribution in [0.2, 0.25) is 0 Å². The fourth-order valence-corrected chi connectivity index (χ4v) is 2.90. The zero-order valence-corrected chi connectivity index (χ0v) is 15.4. The molecule has 0 spiro atoms. The highest BCUT2D eigenvalue weighted by Crippen LogP contribution is 2.22. The second-order valence-corrected chi connectivity index (χ2v) is 6.59. The minimum atomic E-state index is -1.00. The second-order valence-electron chi connectivity index (χ2n) is 6.59. The van der Waals surface area contributed by atoms with Crippen molar-refractivity contribution in [1.82, 2.24) is 9.36 Å². The second kappa shape index (κ2) is 6.45. The van der Waals surface area contributed by atoms with Crippen molar-refractivity contribution in [2.45, 2.75) is 39.6 Å². The monoisotopic (exact) mass is 358 g/mol. The van der Waals surface area contributed by atoms with E-state index in [1.165, 1.54) is 4.68 Å². The lowest BCUT2D eigenvalue weighted by atomic mass is 10.2. The summed E-state index contributed by atoms with van der Waals surface area (Å²) in [6.45, 7) is 6.82. The van der Waals surface area contributed by atoms with E-state index in [0.29, 0.717) is 5.69 Å². The molecule has 0 aliphatic carbocycles. The van der Waals surface area contributed by atoms with E-state index in [9.17, 15) is 9.59 Å². The molecule has 138 valence electrons. The Morgan fingerprint density at radius 1 is 1.19 bits per heavy atom. The maximum Gasteiger partial charge on any atom is 0.359 e. The van der Waals surface area contributed by atoms with Crippen LogP contribution in [0, 0.1) is 6.92 Å². The Kier molecular flexibility index (Phi) is 4.45. The fourth-order valence-electron chi connectivity index (χ4n) is 2.90. The van der Waals surface area contributed by atoms with Gasteiger partial charge in [0.05, 0.1) is 11.4 Å². The first-order valence-corrected chi connectivity index (χ1v) is 8.30. The summed E-state index contributed by atoms with van der Waals surface area (Å²) < 4.78 is 14.0. The summed E-state index contributed by atoms with van der Waals surface area (Å²) in [5.74, 6) is -1.57. The number of benzene rings is 1. The SMILES string of the molecule is Cc1c(NN=C2C(=O)OC(C)(C)OC2C)c(=O)n(-c2ccccc2)n1C. The van der Waals surface area contributed by atoms with E-state index in [2.05, 4.69) is 10.5 Å². The van der Waals surface area contributed by atoms with Crippen LogP contribution in [0.3, 0.4) is 0 Å². The van der Waals surface area contributed by atoms with Gasteiger partial charge < -0.3 is 9.47 Å². The fraction of sp³-hybridized carbons (Fsp3) is 0.389. The lowest BCUT2D eigenvalue weighted by Crippen LogP contribution is -2.48. The first-order chi connectivity index (χ1) is 12.2. The molecule has 1 N–H and O–H groups in total. The molecular weight excluding hydrogens is 336 g/mol. The van der Waals surface area contributed by atoms with Gasteiger partial charge in [-0.2, -0.15) is 5.10 Å². The lowest BCUT2D eigenvalue weighted by Gasteiger charge is -2.33. The number of esters is 1. The van der Waals surface area contributed by atoms with E-state index >= 15 is 0 Å². The van der Waals surface area contributed by atoms with Gasteiger partial charge in [0.15, 0.2) is 5.71 Å². The third-order valence-electron chi connectivity index (χ3n) is 4.24. The molecule has 0 radical (unpaired) electrons. The van der Waals surface area contributed by atoms with Crippen molar-refractivity contribution in [1.29, 1.82) is 0 Å². The molecule has 0 saturated carbocycles. The van der Waals surface area contributed by atoms with E-state index in [1.807, 2.05) is 30.3 Å². The highest BCUT2D eigenvalue weighted by atomic mass is 16.7. The highest BCUT2D eigenvalue weighted by molar-refractivity contribution is 6.38. The van der Waals surface area contributed by atoms with Gasteiger partial charge in [-0.1, -0.05) is 18.2 Å². The molecule has 1 aliphatic rings. The number of nitrogens with zero attached hydrogens (tertiary/aromatic N) is 3. The van der Waals surface area contributed by atoms with Gasteiger partial charge >= 0.3 is 5.97 Å². The van der Waals surface area contributed by atoms with Crippen molar-refractivity contribution < 1.29 is 14.3 Å². The Hall–Kier alpha value is -2.87. The number of hydrazone groups is 1. The molecule has 2 aromatic rings. The summed E-state index contributed by atoms with van der Waals surface area (Å²) in [5.41, 5.74) is 4.24. The number of hydrogen-bond acceptors (Lipinski definition) is 6. The number of ether oxygens (including phenoxy) is 2. The molecule has 1 fully saturated rings. The van der Waals surface area contributed by atoms with Gasteiger partial charge in [0.2, 0.25) is 5.79 Å². The van der Waals surface area contributed by atoms with Crippen molar-refractivity contribution in [2.75, 3.05) is 5.43 Å². The standard InChI is InChI=1S/C18H22N4O4/c1-11-14(16(23)22(21(11)5)13-9-7-6-8-10-13)19-20-15-12(2)25-18(3,4)26-17(15)24/h6-10,12,19H,1-5H3. The molecule has 1 aromatic carbocycles. The number of para-hydroxylation sites is 1. The van der Waals surface area contributed by atoms with Gasteiger partial charge in [-0.05, 0) is 26.0 Å². The Labute approximate surface area is 151 Å². The maximum absolute atomic E-state index is 12.8. The van der Waals surface area contributed by atoms with E-state index in [0.717, 1.165) is 5.69 Å². The quantitative estimate of drug-likeness (QED) is 0.669. The van der Waals surface area contributed by atoms with Crippen LogP contribution in [0.4, 0.5) is 5.69 Å². The molecule has 26 heavy (non-hydrogen) atoms. The van der Waals surface area contributed by atoms with E-state index in [-0.39, 0.29) is 17.0 Å². The average Bonchev–Trinajstić information content (AvgIpc) is 2.77. The predicted octanol–water partition coefficient (Wildman–Crippen LogP) is 1.95. The van der Waals surface area contributed by atoms with Crippen molar-refractivity contribution in [3.05, 3.63) is 46.4 Å². The minimum Gasteiger partial charge on any atom is -0.429 e. The van der Waals surface area contributed by atoms with Crippen molar-refractivity contribution in [3.63, 3.8) is 0 Å². The van der Waals surface area contributed by atoms with Crippen LogP contribution in [0.15, 0.2) is 40.2 Å². The van der Waals surface area contributed by atoms with Gasteiger partial charge in [0.25, 0.3) is 5.56 Å². The number of anilines is 1. The number of rotatable bonds is 3. The van der Waals surface area contributed by atoms with Gasteiger partial charge in [0, 0.05) is 20.9 Å². The summed E-state index contributed by atoms with van der Waals surface area (Å²) in [6.07, 6.45) is -0.556.